The van der Waals surface area contributed by atoms with Gasteiger partial charge in [0, 0.05) is 29.8 Å². The van der Waals surface area contributed by atoms with Crippen LogP contribution in [0.3, 0.4) is 0 Å². The maximum absolute atomic E-state index is 12.1. The van der Waals surface area contributed by atoms with E-state index in [1.165, 1.54) is 16.9 Å². The third-order valence-corrected chi connectivity index (χ3v) is 4.49. The number of hydrogen-bond donors (Lipinski definition) is 2. The van der Waals surface area contributed by atoms with Crippen molar-refractivity contribution in [2.75, 3.05) is 10.6 Å². The van der Waals surface area contributed by atoms with Gasteiger partial charge in [0.1, 0.15) is 0 Å². The molecule has 0 saturated heterocycles. The number of amides is 2. The monoisotopic (exact) mass is 352 g/mol. The fourth-order valence-corrected chi connectivity index (χ4v) is 3.23. The Bertz CT molecular complexity index is 828. The Morgan fingerprint density at radius 2 is 1.92 bits per heavy atom. The average molecular weight is 352 g/mol. The number of benzene rings is 1. The van der Waals surface area contributed by atoms with Crippen LogP contribution >= 0.6 is 11.3 Å². The van der Waals surface area contributed by atoms with E-state index in [2.05, 4.69) is 34.4 Å². The minimum Gasteiger partial charge on any atom is -0.308 e. The second-order valence-corrected chi connectivity index (χ2v) is 7.18. The van der Waals surface area contributed by atoms with Crippen LogP contribution in [0.1, 0.15) is 19.4 Å². The molecule has 0 unspecified atom stereocenters. The molecule has 0 fully saturated rings. The molecule has 2 N–H and O–H groups in total. The van der Waals surface area contributed by atoms with E-state index in [9.17, 15) is 4.79 Å². The van der Waals surface area contributed by atoms with Crippen molar-refractivity contribution in [2.24, 2.45) is 5.92 Å². The molecular formula is C19H20N4OS. The second kappa shape index (κ2) is 7.90. The number of urea groups is 1. The number of hydrogen-bond acceptors (Lipinski definition) is 4. The van der Waals surface area contributed by atoms with E-state index < -0.39 is 0 Å². The van der Waals surface area contributed by atoms with Gasteiger partial charge in [0.25, 0.3) is 0 Å². The molecular weight excluding hydrogens is 332 g/mol. The fourth-order valence-electron chi connectivity index (χ4n) is 2.43. The lowest BCUT2D eigenvalue weighted by molar-refractivity contribution is 0.262. The van der Waals surface area contributed by atoms with E-state index in [0.717, 1.165) is 22.5 Å². The Hall–Kier alpha value is -2.73. The largest absolute Gasteiger partial charge is 0.325 e. The summed E-state index contributed by atoms with van der Waals surface area (Å²) in [6, 6.07) is 11.4. The lowest BCUT2D eigenvalue weighted by Gasteiger charge is -2.08. The minimum absolute atomic E-state index is 0.302. The first-order valence-electron chi connectivity index (χ1n) is 8.13. The van der Waals surface area contributed by atoms with Gasteiger partial charge in [0.15, 0.2) is 5.13 Å². The molecule has 3 aromatic rings. The topological polar surface area (TPSA) is 66.9 Å². The van der Waals surface area contributed by atoms with E-state index in [1.54, 1.807) is 18.6 Å². The summed E-state index contributed by atoms with van der Waals surface area (Å²) < 4.78 is 0. The normalized spacial score (nSPS) is 10.7. The van der Waals surface area contributed by atoms with Crippen molar-refractivity contribution >= 4 is 28.2 Å². The van der Waals surface area contributed by atoms with Gasteiger partial charge >= 0.3 is 6.03 Å². The minimum atomic E-state index is -0.302. The van der Waals surface area contributed by atoms with Crippen LogP contribution in [0.25, 0.3) is 10.4 Å². The SMILES string of the molecule is CC(C)Cc1ccc(NC(=O)Nc2ncc(-c3cccnc3)s2)cc1. The Morgan fingerprint density at radius 1 is 1.12 bits per heavy atom. The summed E-state index contributed by atoms with van der Waals surface area (Å²) in [7, 11) is 0. The number of rotatable bonds is 5. The Kier molecular flexibility index (Phi) is 5.40. The molecule has 0 radical (unpaired) electrons. The van der Waals surface area contributed by atoms with Crippen molar-refractivity contribution in [3.8, 4) is 10.4 Å². The lowest BCUT2D eigenvalue weighted by atomic mass is 10.0. The van der Waals surface area contributed by atoms with Crippen LogP contribution < -0.4 is 10.6 Å². The quantitative estimate of drug-likeness (QED) is 0.675. The summed E-state index contributed by atoms with van der Waals surface area (Å²) in [6.07, 6.45) is 6.26. The van der Waals surface area contributed by atoms with E-state index in [0.29, 0.717) is 11.0 Å². The highest BCUT2D eigenvalue weighted by atomic mass is 32.1. The van der Waals surface area contributed by atoms with E-state index in [1.807, 2.05) is 36.4 Å². The predicted octanol–water partition coefficient (Wildman–Crippen LogP) is 5.05. The van der Waals surface area contributed by atoms with Gasteiger partial charge in [0.2, 0.25) is 0 Å². The zero-order valence-corrected chi connectivity index (χ0v) is 15.0. The molecule has 2 aromatic heterocycles. The maximum atomic E-state index is 12.1. The molecule has 5 nitrogen and oxygen atoms in total. The van der Waals surface area contributed by atoms with Gasteiger partial charge in [-0.2, -0.15) is 0 Å². The van der Waals surface area contributed by atoms with Gasteiger partial charge < -0.3 is 5.32 Å². The van der Waals surface area contributed by atoms with Crippen molar-refractivity contribution in [3.63, 3.8) is 0 Å². The molecule has 128 valence electrons. The third-order valence-electron chi connectivity index (χ3n) is 3.53. The van der Waals surface area contributed by atoms with Crippen LogP contribution in [0, 0.1) is 5.92 Å². The van der Waals surface area contributed by atoms with Crippen molar-refractivity contribution in [1.82, 2.24) is 9.97 Å². The number of aromatic nitrogens is 2. The van der Waals surface area contributed by atoms with Crippen LogP contribution in [0.4, 0.5) is 15.6 Å². The number of carbonyl (C=O) groups excluding carboxylic acids is 1. The molecule has 2 amide bonds. The van der Waals surface area contributed by atoms with Crippen LogP contribution in [-0.4, -0.2) is 16.0 Å². The zero-order valence-electron chi connectivity index (χ0n) is 14.2. The Balaban J connectivity index is 1.58. The van der Waals surface area contributed by atoms with Gasteiger partial charge in [-0.3, -0.25) is 10.3 Å². The zero-order chi connectivity index (χ0) is 17.6. The van der Waals surface area contributed by atoms with Gasteiger partial charge in [0.05, 0.1) is 4.88 Å². The summed E-state index contributed by atoms with van der Waals surface area (Å²) in [5.41, 5.74) is 3.00. The number of thiazole rings is 1. The third kappa shape index (κ3) is 4.87. The van der Waals surface area contributed by atoms with Crippen molar-refractivity contribution in [1.29, 1.82) is 0 Å². The van der Waals surface area contributed by atoms with Gasteiger partial charge in [-0.15, -0.1) is 0 Å². The molecule has 0 aliphatic rings. The first-order valence-corrected chi connectivity index (χ1v) is 8.95. The highest BCUT2D eigenvalue weighted by molar-refractivity contribution is 7.19. The molecule has 0 spiro atoms. The Labute approximate surface area is 151 Å². The van der Waals surface area contributed by atoms with Gasteiger partial charge in [-0.05, 0) is 36.1 Å². The molecule has 0 aliphatic carbocycles. The predicted molar refractivity (Wildman–Crippen MR) is 103 cm³/mol. The summed E-state index contributed by atoms with van der Waals surface area (Å²) in [6.45, 7) is 4.38. The number of nitrogens with one attached hydrogen (secondary N) is 2. The molecule has 1 aromatic carbocycles. The van der Waals surface area contributed by atoms with Gasteiger partial charge in [-0.1, -0.05) is 43.4 Å². The maximum Gasteiger partial charge on any atom is 0.325 e. The first-order chi connectivity index (χ1) is 12.1. The highest BCUT2D eigenvalue weighted by Crippen LogP contribution is 2.28. The molecule has 0 atom stereocenters. The summed E-state index contributed by atoms with van der Waals surface area (Å²) in [4.78, 5) is 21.4. The molecule has 3 rings (SSSR count). The molecule has 2 heterocycles. The number of anilines is 2. The molecule has 6 heteroatoms. The fraction of sp³-hybridized carbons (Fsp3) is 0.211. The first kappa shape index (κ1) is 17.1. The lowest BCUT2D eigenvalue weighted by Crippen LogP contribution is -2.19. The standard InChI is InChI=1S/C19H20N4OS/c1-13(2)10-14-5-7-16(8-6-14)22-18(24)23-19-21-12-17(25-19)15-4-3-9-20-11-15/h3-9,11-13H,10H2,1-2H3,(H2,21,22,23,24). The number of nitrogens with zero attached hydrogens (tertiary/aromatic N) is 2. The highest BCUT2D eigenvalue weighted by Gasteiger charge is 2.08. The molecule has 0 bridgehead atoms. The summed E-state index contributed by atoms with van der Waals surface area (Å²) >= 11 is 1.41. The molecule has 0 aliphatic heterocycles. The van der Waals surface area contributed by atoms with Crippen LogP contribution in [0.15, 0.2) is 55.0 Å². The van der Waals surface area contributed by atoms with E-state index >= 15 is 0 Å². The van der Waals surface area contributed by atoms with Crippen LogP contribution in [-0.2, 0) is 6.42 Å². The van der Waals surface area contributed by atoms with Crippen LogP contribution in [0.5, 0.6) is 0 Å². The molecule has 0 saturated carbocycles. The van der Waals surface area contributed by atoms with E-state index in [4.69, 9.17) is 0 Å². The number of carbonyl (C=O) groups is 1. The Morgan fingerprint density at radius 3 is 2.60 bits per heavy atom. The number of pyridine rings is 1. The average Bonchev–Trinajstić information content (AvgIpc) is 3.05. The van der Waals surface area contributed by atoms with E-state index in [-0.39, 0.29) is 6.03 Å². The summed E-state index contributed by atoms with van der Waals surface area (Å²) in [5, 5.41) is 6.14. The second-order valence-electron chi connectivity index (χ2n) is 6.15. The molecule has 25 heavy (non-hydrogen) atoms. The van der Waals surface area contributed by atoms with Crippen molar-refractivity contribution < 1.29 is 4.79 Å². The van der Waals surface area contributed by atoms with Crippen LogP contribution in [0.2, 0.25) is 0 Å². The smallest absolute Gasteiger partial charge is 0.308 e. The van der Waals surface area contributed by atoms with Gasteiger partial charge in [-0.25, -0.2) is 9.78 Å². The van der Waals surface area contributed by atoms with Crippen molar-refractivity contribution in [3.05, 3.63) is 60.6 Å². The van der Waals surface area contributed by atoms with Crippen molar-refractivity contribution in [2.45, 2.75) is 20.3 Å². The summed E-state index contributed by atoms with van der Waals surface area (Å²) in [5.74, 6) is 0.612.